The summed E-state index contributed by atoms with van der Waals surface area (Å²) >= 11 is 0. The van der Waals surface area contributed by atoms with E-state index in [9.17, 15) is 54.6 Å². The van der Waals surface area contributed by atoms with Crippen molar-refractivity contribution in [2.24, 2.45) is 17.8 Å². The van der Waals surface area contributed by atoms with Gasteiger partial charge in [-0.3, -0.25) is 14.4 Å². The van der Waals surface area contributed by atoms with Crippen molar-refractivity contribution in [3.63, 3.8) is 0 Å². The molecule has 3 amide bonds. The molecule has 5 unspecified atom stereocenters. The molecule has 12 heterocycles. The predicted octanol–water partition coefficient (Wildman–Crippen LogP) is 8.42. The fraction of sp³-hybridized carbons (Fsp3) is 0.568. The van der Waals surface area contributed by atoms with E-state index in [1.165, 1.54) is 18.2 Å². The first-order chi connectivity index (χ1) is 51.1. The summed E-state index contributed by atoms with van der Waals surface area (Å²) in [7, 11) is -12.7. The van der Waals surface area contributed by atoms with E-state index >= 15 is 0 Å². The molecule has 6 aliphatic rings. The van der Waals surface area contributed by atoms with Crippen LogP contribution >= 0.6 is 0 Å². The molecule has 27 nitrogen and oxygen atoms in total. The Morgan fingerprint density at radius 3 is 0.965 bits per heavy atom. The number of carbonyl (C=O) groups excluding carboxylic acids is 4. The zero-order valence-corrected chi connectivity index (χ0v) is 74.2. The van der Waals surface area contributed by atoms with Crippen molar-refractivity contribution >= 4 is 112 Å². The number of aldehydes is 1. The number of hydrogen-bond donors (Lipinski definition) is 8. The normalized spacial score (nSPS) is 23.3. The number of pyridine rings is 6. The van der Waals surface area contributed by atoms with Gasteiger partial charge in [0.25, 0.3) is 47.8 Å². The Bertz CT molecular complexity index is 4570. The van der Waals surface area contributed by atoms with E-state index in [-0.39, 0.29) is 137 Å². The monoisotopic (exact) mass is 1690 g/mol. The molecule has 12 rings (SSSR count). The number of fused-ring (bicyclic) bond motifs is 18. The smallest absolute Gasteiger partial charge is 1.00 e. The molecule has 6 aromatic rings. The average Bonchev–Trinajstić information content (AvgIpc) is 1.67. The molecule has 32 heteroatoms. The van der Waals surface area contributed by atoms with Gasteiger partial charge in [0.1, 0.15) is 41.2 Å². The Labute approximate surface area is 696 Å². The van der Waals surface area contributed by atoms with Gasteiger partial charge < -0.3 is 70.1 Å². The zero-order valence-electron chi connectivity index (χ0n) is 68.8. The molecule has 6 aromatic heterocycles. The number of halogens is 1. The minimum atomic E-state index is -4.25. The van der Waals surface area contributed by atoms with Crippen LogP contribution in [0.15, 0.2) is 106 Å². The summed E-state index contributed by atoms with van der Waals surface area (Å²) in [4.78, 5) is 85.6. The third-order valence-corrected chi connectivity index (χ3v) is 25.1. The molecular formula is C81H116BrMgN15O12S3. The van der Waals surface area contributed by atoms with Crippen molar-refractivity contribution < 1.29 is 71.6 Å². The van der Waals surface area contributed by atoms with Gasteiger partial charge >= 0.3 is 23.1 Å². The van der Waals surface area contributed by atoms with E-state index in [2.05, 4.69) is 164 Å². The second kappa shape index (κ2) is 36.1. The van der Waals surface area contributed by atoms with Crippen LogP contribution in [0.4, 0.5) is 34.9 Å². The van der Waals surface area contributed by atoms with E-state index in [1.54, 1.807) is 86.6 Å². The molecule has 614 valence electrons. The Kier molecular flexibility index (Phi) is 29.7. The number of nitrogens with one attached hydrogen (secondary N) is 6. The summed E-state index contributed by atoms with van der Waals surface area (Å²) in [5, 5.41) is 29.3. The fourth-order valence-electron chi connectivity index (χ4n) is 15.9. The molecular weight excluding hydrogens is 1580 g/mol. The summed E-state index contributed by atoms with van der Waals surface area (Å²) < 4.78 is 85.7. The van der Waals surface area contributed by atoms with Crippen LogP contribution in [0.2, 0.25) is 0 Å². The molecule has 0 aromatic carbocycles. The van der Waals surface area contributed by atoms with Gasteiger partial charge in [-0.15, -0.1) is 0 Å². The molecule has 8 atom stereocenters. The van der Waals surface area contributed by atoms with Gasteiger partial charge in [-0.25, -0.2) is 44.1 Å². The van der Waals surface area contributed by atoms with Crippen molar-refractivity contribution in [3.05, 3.63) is 132 Å². The van der Waals surface area contributed by atoms with Gasteiger partial charge in [-0.2, -0.15) is 25.3 Å². The minimum absolute atomic E-state index is 0. The Morgan fingerprint density at radius 2 is 0.708 bits per heavy atom. The topological polar surface area (TPSA) is 370 Å². The van der Waals surface area contributed by atoms with Crippen LogP contribution in [0.3, 0.4) is 0 Å². The summed E-state index contributed by atoms with van der Waals surface area (Å²) in [5.41, 5.74) is 1.53. The van der Waals surface area contributed by atoms with Gasteiger partial charge in [0.2, 0.25) is 0 Å². The molecule has 0 aliphatic carbocycles. The maximum Gasteiger partial charge on any atom is 2.00 e. The third kappa shape index (κ3) is 22.9. The van der Waals surface area contributed by atoms with E-state index in [0.29, 0.717) is 85.1 Å². The first kappa shape index (κ1) is 93.0. The van der Waals surface area contributed by atoms with Crippen LogP contribution in [0.25, 0.3) is 0 Å². The summed E-state index contributed by atoms with van der Waals surface area (Å²) in [6.07, 6.45) is 8.81. The quantitative estimate of drug-likeness (QED) is 0.0440. The molecule has 0 spiro atoms. The van der Waals surface area contributed by atoms with E-state index in [1.807, 2.05) is 0 Å². The standard InChI is InChI=1S/2C27H39N5O4S.C26H35N5O4S.CH3.BrH.Mg/c2*1-17(33)14-19-11-10-18-15-27(5,6)32(16-18)24-20(12-13-21(29-24)26(2,3)4)25(34)31-37(35,36)23-9-7-8-22(28-19)30-23;1-25(2,3)20-12-11-19-23(28-20)31-16-17(15-26(31,4)5)9-10-18(13-14-32)27-21-7-6-8-22(29-21)36(34,35)30-24(19)33;;;/h2*7-9,12-13,17-19,33H,10-11,14-16H2,1-6H3,(H,28,30)(H,31,34);6-8,11-12,14,17-18H,9-10,13,15-16H2,1-5H3,(H,27,29)(H,30,33);1H3;1H;/q;;;-1;;+2/p-1/t2*17?,18-,19?;17-,18?;;;/m000.../s1. The minimum Gasteiger partial charge on any atom is -1.00 e. The van der Waals surface area contributed by atoms with Gasteiger partial charge in [0.05, 0.1) is 28.9 Å². The molecule has 113 heavy (non-hydrogen) atoms. The van der Waals surface area contributed by atoms with Crippen LogP contribution in [0.5, 0.6) is 0 Å². The maximum absolute atomic E-state index is 13.4. The summed E-state index contributed by atoms with van der Waals surface area (Å²) in [6, 6.07) is 23.9. The second-order valence-electron chi connectivity index (χ2n) is 35.6. The SMILES string of the molecule is CC(C)(C)c1ccc2c(n1)N1C[C@@H](CCC(CC=O)Nc3cccc(n3)S(=O)(=O)NC2=O)CC1(C)C.CC(O)CC1CC[C@@H]2CN(c3nc(C(C)(C)C)ccc3C(=O)NS(=O)(=O)c3cccc(n3)N1)C(C)(C)C2.CC(O)CC1CC[C@@H]2CN(c3nc(C(C)(C)C)ccc3C(=O)NS(=O)(=O)c3cccc(n3)N1)C(C)(C)C2.[Br-].[CH3-].[Mg+2]. The fourth-order valence-corrected chi connectivity index (χ4v) is 18.7. The number of carbonyl (C=O) groups is 4. The zero-order chi connectivity index (χ0) is 80.6. The largest absolute Gasteiger partial charge is 2.00 e. The van der Waals surface area contributed by atoms with Gasteiger partial charge in [0, 0.05) is 94.1 Å². The molecule has 12 bridgehead atoms. The first-order valence-electron chi connectivity index (χ1n) is 38.2. The van der Waals surface area contributed by atoms with Gasteiger partial charge in [0.15, 0.2) is 15.1 Å². The number of nitrogens with zero attached hydrogens (tertiary/aromatic N) is 9. The number of amides is 3. The van der Waals surface area contributed by atoms with Crippen molar-refractivity contribution in [2.45, 2.75) is 273 Å². The summed E-state index contributed by atoms with van der Waals surface area (Å²) in [6.45, 7) is 36.9. The maximum atomic E-state index is 13.4. The number of aliphatic hydroxyl groups is 2. The van der Waals surface area contributed by atoms with E-state index < -0.39 is 60.0 Å². The van der Waals surface area contributed by atoms with Crippen LogP contribution in [-0.2, 0) is 51.1 Å². The number of rotatable bonds is 6. The second-order valence-corrected chi connectivity index (χ2v) is 40.5. The molecule has 0 radical (unpaired) electrons. The number of anilines is 6. The number of aromatic nitrogens is 6. The molecule has 6 aliphatic heterocycles. The van der Waals surface area contributed by atoms with Crippen LogP contribution in [0.1, 0.15) is 243 Å². The van der Waals surface area contributed by atoms with E-state index in [4.69, 9.17) is 15.0 Å². The molecule has 3 saturated heterocycles. The summed E-state index contributed by atoms with van der Waals surface area (Å²) in [5.74, 6) is 1.42. The Balaban J connectivity index is 0.000000232. The van der Waals surface area contributed by atoms with Crippen molar-refractivity contribution in [1.82, 2.24) is 44.1 Å². The van der Waals surface area contributed by atoms with Crippen molar-refractivity contribution in [2.75, 3.05) is 50.3 Å². The Hall–Kier alpha value is -7.20. The number of hydrogen-bond acceptors (Lipinski definition) is 24. The van der Waals surface area contributed by atoms with Gasteiger partial charge in [-0.1, -0.05) is 80.5 Å². The van der Waals surface area contributed by atoms with Crippen LogP contribution in [-0.4, -0.2) is 179 Å². The molecule has 8 N–H and O–H groups in total. The van der Waals surface area contributed by atoms with Crippen LogP contribution in [0, 0.1) is 25.2 Å². The Morgan fingerprint density at radius 1 is 0.442 bits per heavy atom. The van der Waals surface area contributed by atoms with Crippen LogP contribution < -0.4 is 61.8 Å². The third-order valence-electron chi connectivity index (χ3n) is 21.4. The van der Waals surface area contributed by atoms with Crippen molar-refractivity contribution in [3.8, 4) is 0 Å². The molecule has 3 fully saturated rings. The predicted molar refractivity (Wildman–Crippen MR) is 439 cm³/mol. The molecule has 0 saturated carbocycles. The number of aliphatic hydroxyl groups excluding tert-OH is 2. The number of sulfonamides is 3. The average molecular weight is 1690 g/mol. The first-order valence-corrected chi connectivity index (χ1v) is 42.7. The van der Waals surface area contributed by atoms with E-state index in [0.717, 1.165) is 81.2 Å². The van der Waals surface area contributed by atoms with Crippen molar-refractivity contribution in [1.29, 1.82) is 0 Å². The van der Waals surface area contributed by atoms with Gasteiger partial charge in [-0.05, 0) is 217 Å².